The van der Waals surface area contributed by atoms with Gasteiger partial charge in [-0.1, -0.05) is 13.8 Å². The highest BCUT2D eigenvalue weighted by atomic mass is 35.5. The number of carbonyl (C=O) groups excluding carboxylic acids is 1. The number of hydrogen-bond donors (Lipinski definition) is 2. The lowest BCUT2D eigenvalue weighted by Gasteiger charge is -2.36. The number of nitrogens with one attached hydrogen (secondary N) is 1. The maximum atomic E-state index is 12.1. The Bertz CT molecular complexity index is 476. The van der Waals surface area contributed by atoms with E-state index in [0.29, 0.717) is 12.2 Å². The molecule has 5 nitrogen and oxygen atoms in total. The number of aromatic nitrogens is 1. The van der Waals surface area contributed by atoms with Crippen LogP contribution in [0.1, 0.15) is 42.7 Å². The number of rotatable bonds is 5. The van der Waals surface area contributed by atoms with Gasteiger partial charge >= 0.3 is 0 Å². The molecule has 23 heavy (non-hydrogen) atoms. The van der Waals surface area contributed by atoms with Gasteiger partial charge in [-0.25, -0.2) is 4.98 Å². The van der Waals surface area contributed by atoms with Gasteiger partial charge in [0.15, 0.2) is 0 Å². The third-order valence-corrected chi connectivity index (χ3v) is 4.68. The highest BCUT2D eigenvalue weighted by molar-refractivity contribution is 7.09. The van der Waals surface area contributed by atoms with Crippen LogP contribution in [-0.4, -0.2) is 41.5 Å². The van der Waals surface area contributed by atoms with Crippen LogP contribution in [0.3, 0.4) is 0 Å². The van der Waals surface area contributed by atoms with Gasteiger partial charge < -0.3 is 16.0 Å². The minimum Gasteiger partial charge on any atom is -0.347 e. The third kappa shape index (κ3) is 6.93. The summed E-state index contributed by atoms with van der Waals surface area (Å²) < 4.78 is 0. The normalized spacial score (nSPS) is 22.6. The van der Waals surface area contributed by atoms with Crippen molar-refractivity contribution in [3.05, 3.63) is 16.1 Å². The molecule has 1 amide bonds. The van der Waals surface area contributed by atoms with Crippen LogP contribution in [0, 0.1) is 11.8 Å². The first kappa shape index (κ1) is 22.6. The Morgan fingerprint density at radius 1 is 1.43 bits per heavy atom. The first-order valence-corrected chi connectivity index (χ1v) is 8.53. The first-order chi connectivity index (χ1) is 9.97. The van der Waals surface area contributed by atoms with E-state index in [-0.39, 0.29) is 36.8 Å². The molecule has 8 heteroatoms. The quantitative estimate of drug-likeness (QED) is 0.820. The molecule has 0 aromatic carbocycles. The maximum absolute atomic E-state index is 12.1. The molecule has 1 fully saturated rings. The maximum Gasteiger partial charge on any atom is 0.271 e. The SMILES string of the molecule is CC1CC(C)CN(CC(C)NC(=O)c2csc(CN)n2)C1.Cl.Cl. The van der Waals surface area contributed by atoms with E-state index < -0.39 is 0 Å². The Morgan fingerprint density at radius 3 is 2.57 bits per heavy atom. The smallest absolute Gasteiger partial charge is 0.271 e. The number of nitrogens with two attached hydrogens (primary N) is 1. The summed E-state index contributed by atoms with van der Waals surface area (Å²) in [5.74, 6) is 1.38. The summed E-state index contributed by atoms with van der Waals surface area (Å²) in [4.78, 5) is 18.8. The lowest BCUT2D eigenvalue weighted by molar-refractivity contribution is 0.0900. The second kappa shape index (κ2) is 10.5. The van der Waals surface area contributed by atoms with Gasteiger partial charge in [-0.15, -0.1) is 36.2 Å². The lowest BCUT2D eigenvalue weighted by atomic mass is 9.92. The van der Waals surface area contributed by atoms with Crippen molar-refractivity contribution in [3.63, 3.8) is 0 Å². The number of amides is 1. The molecule has 2 heterocycles. The Labute approximate surface area is 155 Å². The average molecular weight is 383 g/mol. The molecule has 1 aliphatic heterocycles. The van der Waals surface area contributed by atoms with E-state index in [0.717, 1.165) is 36.5 Å². The molecule has 2 rings (SSSR count). The van der Waals surface area contributed by atoms with Gasteiger partial charge in [-0.3, -0.25) is 4.79 Å². The second-order valence-electron chi connectivity index (χ2n) is 6.37. The summed E-state index contributed by atoms with van der Waals surface area (Å²) in [5.41, 5.74) is 6.00. The molecule has 0 aliphatic carbocycles. The largest absolute Gasteiger partial charge is 0.347 e. The summed E-state index contributed by atoms with van der Waals surface area (Å²) >= 11 is 1.43. The fraction of sp³-hybridized carbons (Fsp3) is 0.733. The van der Waals surface area contributed by atoms with Crippen LogP contribution in [-0.2, 0) is 6.54 Å². The Balaban J connectivity index is 0.00000242. The number of likely N-dealkylation sites (tertiary alicyclic amines) is 1. The highest BCUT2D eigenvalue weighted by Gasteiger charge is 2.23. The van der Waals surface area contributed by atoms with E-state index in [9.17, 15) is 4.79 Å². The second-order valence-corrected chi connectivity index (χ2v) is 7.31. The monoisotopic (exact) mass is 382 g/mol. The van der Waals surface area contributed by atoms with Crippen LogP contribution in [0.15, 0.2) is 5.38 Å². The number of halogens is 2. The van der Waals surface area contributed by atoms with E-state index in [1.165, 1.54) is 17.8 Å². The van der Waals surface area contributed by atoms with E-state index in [1.54, 1.807) is 5.38 Å². The van der Waals surface area contributed by atoms with Crippen molar-refractivity contribution in [2.24, 2.45) is 17.6 Å². The van der Waals surface area contributed by atoms with Crippen molar-refractivity contribution in [3.8, 4) is 0 Å². The zero-order valence-electron chi connectivity index (χ0n) is 13.9. The number of thiazole rings is 1. The number of nitrogens with zero attached hydrogens (tertiary/aromatic N) is 2. The van der Waals surface area contributed by atoms with Gasteiger partial charge in [0.1, 0.15) is 10.7 Å². The molecule has 1 aliphatic rings. The van der Waals surface area contributed by atoms with Crippen LogP contribution < -0.4 is 11.1 Å². The predicted octanol–water partition coefficient (Wildman–Crippen LogP) is 2.54. The minimum atomic E-state index is -0.100. The fourth-order valence-corrected chi connectivity index (χ4v) is 3.84. The van der Waals surface area contributed by atoms with E-state index in [2.05, 4.69) is 36.0 Å². The Kier molecular flexibility index (Phi) is 10.3. The fourth-order valence-electron chi connectivity index (χ4n) is 3.18. The number of hydrogen-bond acceptors (Lipinski definition) is 5. The highest BCUT2D eigenvalue weighted by Crippen LogP contribution is 2.20. The zero-order chi connectivity index (χ0) is 15.4. The molecule has 0 bridgehead atoms. The van der Waals surface area contributed by atoms with E-state index in [4.69, 9.17) is 5.73 Å². The molecule has 1 aromatic rings. The molecule has 3 unspecified atom stereocenters. The van der Waals surface area contributed by atoms with Gasteiger partial charge in [0.05, 0.1) is 0 Å². The van der Waals surface area contributed by atoms with E-state index in [1.807, 2.05) is 0 Å². The van der Waals surface area contributed by atoms with Crippen molar-refractivity contribution in [2.45, 2.75) is 39.8 Å². The van der Waals surface area contributed by atoms with Crippen molar-refractivity contribution in [1.29, 1.82) is 0 Å². The first-order valence-electron chi connectivity index (χ1n) is 7.65. The van der Waals surface area contributed by atoms with Crippen molar-refractivity contribution in [2.75, 3.05) is 19.6 Å². The van der Waals surface area contributed by atoms with Gasteiger partial charge in [0.2, 0.25) is 0 Å². The van der Waals surface area contributed by atoms with Crippen LogP contribution in [0.4, 0.5) is 0 Å². The van der Waals surface area contributed by atoms with Crippen molar-refractivity contribution in [1.82, 2.24) is 15.2 Å². The average Bonchev–Trinajstić information content (AvgIpc) is 2.85. The zero-order valence-corrected chi connectivity index (χ0v) is 16.4. The molecule has 3 N–H and O–H groups in total. The Morgan fingerprint density at radius 2 is 2.04 bits per heavy atom. The lowest BCUT2D eigenvalue weighted by Crippen LogP contribution is -2.47. The van der Waals surface area contributed by atoms with Crippen molar-refractivity contribution < 1.29 is 4.79 Å². The third-order valence-electron chi connectivity index (χ3n) is 3.81. The molecule has 0 radical (unpaired) electrons. The van der Waals surface area contributed by atoms with Crippen molar-refractivity contribution >= 4 is 42.1 Å². The van der Waals surface area contributed by atoms with Gasteiger partial charge in [0, 0.05) is 37.6 Å². The molecule has 0 spiro atoms. The van der Waals surface area contributed by atoms with Gasteiger partial charge in [-0.05, 0) is 25.2 Å². The topological polar surface area (TPSA) is 71.2 Å². The molecule has 134 valence electrons. The number of carbonyl (C=O) groups is 1. The molecule has 0 saturated carbocycles. The molecular formula is C15H28Cl2N4OS. The van der Waals surface area contributed by atoms with Crippen LogP contribution in [0.5, 0.6) is 0 Å². The summed E-state index contributed by atoms with van der Waals surface area (Å²) in [6.07, 6.45) is 1.30. The Hall–Kier alpha value is -0.400. The number of piperidine rings is 1. The van der Waals surface area contributed by atoms with Crippen LogP contribution in [0.25, 0.3) is 0 Å². The van der Waals surface area contributed by atoms with E-state index >= 15 is 0 Å². The summed E-state index contributed by atoms with van der Waals surface area (Å²) in [5, 5.41) is 5.60. The molecule has 1 aromatic heterocycles. The summed E-state index contributed by atoms with van der Waals surface area (Å²) in [6, 6.07) is 0.123. The molecular weight excluding hydrogens is 355 g/mol. The summed E-state index contributed by atoms with van der Waals surface area (Å²) in [6.45, 7) is 10.2. The van der Waals surface area contributed by atoms with Gasteiger partial charge in [-0.2, -0.15) is 0 Å². The minimum absolute atomic E-state index is 0. The van der Waals surface area contributed by atoms with Crippen LogP contribution in [0.2, 0.25) is 0 Å². The standard InChI is InChI=1S/C15H26N4OS.2ClH/c1-10-4-11(2)7-19(6-10)8-12(3)17-15(20)13-9-21-14(5-16)18-13;;/h9-12H,4-8,16H2,1-3H3,(H,17,20);2*1H. The van der Waals surface area contributed by atoms with Crippen LogP contribution >= 0.6 is 36.2 Å². The van der Waals surface area contributed by atoms with Gasteiger partial charge in [0.25, 0.3) is 5.91 Å². The molecule has 1 saturated heterocycles. The molecule has 3 atom stereocenters. The summed E-state index contributed by atoms with van der Waals surface area (Å²) in [7, 11) is 0. The predicted molar refractivity (Wildman–Crippen MR) is 101 cm³/mol.